The predicted octanol–water partition coefficient (Wildman–Crippen LogP) is 3.20. The van der Waals surface area contributed by atoms with E-state index in [1.54, 1.807) is 0 Å². The monoisotopic (exact) mass is 275 g/mol. The summed E-state index contributed by atoms with van der Waals surface area (Å²) >= 11 is 0. The van der Waals surface area contributed by atoms with E-state index in [-0.39, 0.29) is 6.03 Å². The zero-order valence-corrected chi connectivity index (χ0v) is 12.3. The molecule has 110 valence electrons. The van der Waals surface area contributed by atoms with Crippen molar-refractivity contribution in [1.82, 2.24) is 10.2 Å². The van der Waals surface area contributed by atoms with E-state index < -0.39 is 0 Å². The molecule has 0 aromatic heterocycles. The first-order valence-electron chi connectivity index (χ1n) is 7.66. The van der Waals surface area contributed by atoms with Crippen molar-refractivity contribution in [2.75, 3.05) is 25.0 Å². The first-order valence-corrected chi connectivity index (χ1v) is 7.66. The lowest BCUT2D eigenvalue weighted by atomic mass is 10.2. The molecule has 0 unspecified atom stereocenters. The van der Waals surface area contributed by atoms with Gasteiger partial charge in [-0.2, -0.15) is 0 Å². The molecule has 0 saturated carbocycles. The van der Waals surface area contributed by atoms with Crippen LogP contribution in [0, 0.1) is 0 Å². The van der Waals surface area contributed by atoms with Gasteiger partial charge in [0.05, 0.1) is 0 Å². The highest BCUT2D eigenvalue weighted by molar-refractivity contribution is 5.90. The number of carbonyl (C=O) groups excluding carboxylic acids is 1. The van der Waals surface area contributed by atoms with Crippen LogP contribution in [0.2, 0.25) is 0 Å². The lowest BCUT2D eigenvalue weighted by Crippen LogP contribution is -2.36. The van der Waals surface area contributed by atoms with Crippen molar-refractivity contribution in [3.8, 4) is 0 Å². The van der Waals surface area contributed by atoms with Gasteiger partial charge in [-0.1, -0.05) is 38.0 Å². The van der Waals surface area contributed by atoms with Crippen LogP contribution in [0.1, 0.15) is 38.2 Å². The number of benzene rings is 1. The Labute approximate surface area is 121 Å². The molecule has 2 N–H and O–H groups in total. The van der Waals surface area contributed by atoms with Gasteiger partial charge in [0.2, 0.25) is 0 Å². The van der Waals surface area contributed by atoms with Crippen LogP contribution in [0.3, 0.4) is 0 Å². The number of hydrogen-bond donors (Lipinski definition) is 2. The molecule has 0 atom stereocenters. The van der Waals surface area contributed by atoms with Gasteiger partial charge in [0.1, 0.15) is 0 Å². The molecule has 0 radical (unpaired) electrons. The second-order valence-corrected chi connectivity index (χ2v) is 5.27. The van der Waals surface area contributed by atoms with Crippen molar-refractivity contribution >= 4 is 11.7 Å². The summed E-state index contributed by atoms with van der Waals surface area (Å²) in [5.74, 6) is 0. The van der Waals surface area contributed by atoms with Crippen LogP contribution in [-0.4, -0.2) is 30.6 Å². The summed E-state index contributed by atoms with van der Waals surface area (Å²) in [6.07, 6.45) is 4.71. The van der Waals surface area contributed by atoms with Gasteiger partial charge < -0.3 is 15.5 Å². The number of hydrogen-bond acceptors (Lipinski definition) is 2. The fourth-order valence-electron chi connectivity index (χ4n) is 2.52. The van der Waals surface area contributed by atoms with E-state index in [1.165, 1.54) is 12.8 Å². The maximum absolute atomic E-state index is 12.3. The topological polar surface area (TPSA) is 44.4 Å². The molecule has 0 aliphatic carbocycles. The minimum Gasteiger partial charge on any atom is -0.325 e. The molecular weight excluding hydrogens is 250 g/mol. The van der Waals surface area contributed by atoms with Gasteiger partial charge in [-0.15, -0.1) is 0 Å². The maximum atomic E-state index is 12.3. The van der Waals surface area contributed by atoms with Crippen molar-refractivity contribution in [1.29, 1.82) is 0 Å². The molecule has 20 heavy (non-hydrogen) atoms. The van der Waals surface area contributed by atoms with Crippen LogP contribution in [0.4, 0.5) is 10.5 Å². The van der Waals surface area contributed by atoms with Gasteiger partial charge in [-0.25, -0.2) is 4.79 Å². The molecule has 1 fully saturated rings. The Morgan fingerprint density at radius 2 is 1.85 bits per heavy atom. The molecular formula is C16H25N3O. The second-order valence-electron chi connectivity index (χ2n) is 5.27. The fraction of sp³-hybridized carbons (Fsp3) is 0.562. The van der Waals surface area contributed by atoms with Crippen LogP contribution in [-0.2, 0) is 6.54 Å². The molecule has 1 heterocycles. The molecule has 1 aromatic carbocycles. The SMILES string of the molecule is CCNCc1ccccc1NC(=O)N1CCCCCC1. The van der Waals surface area contributed by atoms with Gasteiger partial charge in [-0.05, 0) is 31.0 Å². The van der Waals surface area contributed by atoms with Crippen molar-refractivity contribution in [3.63, 3.8) is 0 Å². The minimum absolute atomic E-state index is 0.0378. The molecule has 1 saturated heterocycles. The van der Waals surface area contributed by atoms with Crippen molar-refractivity contribution in [2.45, 2.75) is 39.2 Å². The van der Waals surface area contributed by atoms with Crippen LogP contribution >= 0.6 is 0 Å². The number of para-hydroxylation sites is 1. The van der Waals surface area contributed by atoms with Gasteiger partial charge in [0.15, 0.2) is 0 Å². The number of anilines is 1. The van der Waals surface area contributed by atoms with Gasteiger partial charge >= 0.3 is 6.03 Å². The number of likely N-dealkylation sites (tertiary alicyclic amines) is 1. The van der Waals surface area contributed by atoms with Gasteiger partial charge in [-0.3, -0.25) is 0 Å². The van der Waals surface area contributed by atoms with Crippen molar-refractivity contribution < 1.29 is 4.79 Å². The zero-order valence-electron chi connectivity index (χ0n) is 12.3. The number of rotatable bonds is 4. The highest BCUT2D eigenvalue weighted by Gasteiger charge is 2.16. The summed E-state index contributed by atoms with van der Waals surface area (Å²) in [5.41, 5.74) is 2.06. The molecule has 4 nitrogen and oxygen atoms in total. The zero-order chi connectivity index (χ0) is 14.2. The normalized spacial score (nSPS) is 15.8. The van der Waals surface area contributed by atoms with Crippen molar-refractivity contribution in [2.24, 2.45) is 0 Å². The largest absolute Gasteiger partial charge is 0.325 e. The maximum Gasteiger partial charge on any atom is 0.321 e. The van der Waals surface area contributed by atoms with Crippen LogP contribution in [0.25, 0.3) is 0 Å². The molecule has 0 spiro atoms. The average Bonchev–Trinajstić information content (AvgIpc) is 2.75. The summed E-state index contributed by atoms with van der Waals surface area (Å²) < 4.78 is 0. The van der Waals surface area contributed by atoms with Crippen LogP contribution in [0.5, 0.6) is 0 Å². The highest BCUT2D eigenvalue weighted by Crippen LogP contribution is 2.17. The molecule has 2 rings (SSSR count). The Hall–Kier alpha value is -1.55. The third-order valence-electron chi connectivity index (χ3n) is 3.72. The third kappa shape index (κ3) is 4.23. The second kappa shape index (κ2) is 7.90. The molecule has 2 amide bonds. The summed E-state index contributed by atoms with van der Waals surface area (Å²) in [5, 5.41) is 6.37. The van der Waals surface area contributed by atoms with E-state index in [0.29, 0.717) is 0 Å². The van der Waals surface area contributed by atoms with E-state index in [0.717, 1.165) is 50.3 Å². The van der Waals surface area contributed by atoms with Crippen LogP contribution in [0.15, 0.2) is 24.3 Å². The first-order chi connectivity index (χ1) is 9.81. The summed E-state index contributed by atoms with van der Waals surface area (Å²) in [6.45, 7) is 5.54. The fourth-order valence-corrected chi connectivity index (χ4v) is 2.52. The van der Waals surface area contributed by atoms with Crippen LogP contribution < -0.4 is 10.6 Å². The Morgan fingerprint density at radius 3 is 2.55 bits per heavy atom. The molecule has 1 aromatic rings. The number of carbonyl (C=O) groups is 1. The molecule has 4 heteroatoms. The summed E-state index contributed by atoms with van der Waals surface area (Å²) in [7, 11) is 0. The lowest BCUT2D eigenvalue weighted by molar-refractivity contribution is 0.213. The number of urea groups is 1. The minimum atomic E-state index is 0.0378. The number of amides is 2. The molecule has 0 bridgehead atoms. The quantitative estimate of drug-likeness (QED) is 0.886. The Balaban J connectivity index is 1.99. The van der Waals surface area contributed by atoms with E-state index in [1.807, 2.05) is 23.1 Å². The summed E-state index contributed by atoms with van der Waals surface area (Å²) in [4.78, 5) is 14.3. The molecule has 1 aliphatic rings. The number of nitrogens with zero attached hydrogens (tertiary/aromatic N) is 1. The standard InChI is InChI=1S/C16H25N3O/c1-2-17-13-14-9-5-6-10-15(14)18-16(20)19-11-7-3-4-8-12-19/h5-6,9-10,17H,2-4,7-8,11-13H2,1H3,(H,18,20). The Morgan fingerprint density at radius 1 is 1.15 bits per heavy atom. The third-order valence-corrected chi connectivity index (χ3v) is 3.72. The predicted molar refractivity (Wildman–Crippen MR) is 82.9 cm³/mol. The van der Waals surface area contributed by atoms with E-state index >= 15 is 0 Å². The summed E-state index contributed by atoms with van der Waals surface area (Å²) in [6, 6.07) is 8.04. The average molecular weight is 275 g/mol. The first kappa shape index (κ1) is 14.9. The Bertz CT molecular complexity index is 425. The van der Waals surface area contributed by atoms with Gasteiger partial charge in [0.25, 0.3) is 0 Å². The van der Waals surface area contributed by atoms with E-state index in [2.05, 4.69) is 23.6 Å². The van der Waals surface area contributed by atoms with E-state index in [9.17, 15) is 4.79 Å². The smallest absolute Gasteiger partial charge is 0.321 e. The Kier molecular flexibility index (Phi) is 5.87. The lowest BCUT2D eigenvalue weighted by Gasteiger charge is -2.21. The van der Waals surface area contributed by atoms with Crippen molar-refractivity contribution in [3.05, 3.63) is 29.8 Å². The van der Waals surface area contributed by atoms with Gasteiger partial charge in [0, 0.05) is 25.3 Å². The number of nitrogens with one attached hydrogen (secondary N) is 2. The highest BCUT2D eigenvalue weighted by atomic mass is 16.2. The molecule has 1 aliphatic heterocycles. The van der Waals surface area contributed by atoms with E-state index in [4.69, 9.17) is 0 Å².